The Kier molecular flexibility index (Phi) is 2.53. The van der Waals surface area contributed by atoms with Crippen molar-refractivity contribution in [1.29, 1.82) is 0 Å². The first-order chi connectivity index (χ1) is 11.5. The summed E-state index contributed by atoms with van der Waals surface area (Å²) in [5, 5.41) is 15.1. The second kappa shape index (κ2) is 4.20. The normalized spacial score (nSPS) is 42.4. The van der Waals surface area contributed by atoms with Gasteiger partial charge in [-0.2, -0.15) is 0 Å². The lowest BCUT2D eigenvalue weighted by molar-refractivity contribution is -0.209. The molecule has 2 saturated heterocycles. The molecule has 3 fully saturated rings. The van der Waals surface area contributed by atoms with Gasteiger partial charge in [0, 0.05) is 24.1 Å². The second-order valence-corrected chi connectivity index (χ2v) is 7.89. The van der Waals surface area contributed by atoms with E-state index < -0.39 is 16.6 Å². The van der Waals surface area contributed by atoms with Gasteiger partial charge < -0.3 is 15.3 Å². The van der Waals surface area contributed by atoms with E-state index in [0.29, 0.717) is 13.0 Å². The Morgan fingerprint density at radius 3 is 2.92 bits per heavy atom. The Balaban J connectivity index is 1.86. The number of rotatable bonds is 1. The quantitative estimate of drug-likeness (QED) is 0.829. The first kappa shape index (κ1) is 14.5. The van der Waals surface area contributed by atoms with Crippen molar-refractivity contribution >= 4 is 17.5 Å². The Hall–Kier alpha value is -1.88. The highest BCUT2D eigenvalue weighted by Crippen LogP contribution is 2.72. The number of piperidine rings is 1. The van der Waals surface area contributed by atoms with E-state index in [2.05, 4.69) is 12.2 Å². The molecule has 5 heteroatoms. The molecule has 4 aliphatic rings. The van der Waals surface area contributed by atoms with Crippen molar-refractivity contribution in [2.75, 3.05) is 11.9 Å². The predicted octanol–water partition coefficient (Wildman–Crippen LogP) is 2.01. The third-order valence-electron chi connectivity index (χ3n) is 7.37. The van der Waals surface area contributed by atoms with E-state index in [0.717, 1.165) is 30.5 Å². The van der Waals surface area contributed by atoms with Crippen LogP contribution < -0.4 is 5.32 Å². The summed E-state index contributed by atoms with van der Waals surface area (Å²) in [6.45, 7) is 2.68. The van der Waals surface area contributed by atoms with Crippen LogP contribution in [0.2, 0.25) is 0 Å². The minimum Gasteiger partial charge on any atom is -0.369 e. The summed E-state index contributed by atoms with van der Waals surface area (Å²) in [5.41, 5.74) is -0.761. The molecule has 0 unspecified atom stereocenters. The molecule has 1 aromatic rings. The number of nitrogens with zero attached hydrogens (tertiary/aromatic N) is 1. The molecular formula is C19H22N2O3. The first-order valence-corrected chi connectivity index (χ1v) is 8.93. The Morgan fingerprint density at radius 2 is 2.12 bits per heavy atom. The fourth-order valence-corrected chi connectivity index (χ4v) is 6.41. The van der Waals surface area contributed by atoms with Crippen LogP contribution in [0.25, 0.3) is 0 Å². The first-order valence-electron chi connectivity index (χ1n) is 8.93. The molecule has 0 aromatic heterocycles. The van der Waals surface area contributed by atoms with Gasteiger partial charge in [-0.15, -0.1) is 0 Å². The lowest BCUT2D eigenvalue weighted by atomic mass is 9.61. The van der Waals surface area contributed by atoms with Crippen molar-refractivity contribution in [3.8, 4) is 0 Å². The highest BCUT2D eigenvalue weighted by atomic mass is 16.3. The molecule has 1 aromatic carbocycles. The van der Waals surface area contributed by atoms with E-state index in [1.165, 1.54) is 0 Å². The van der Waals surface area contributed by atoms with Crippen molar-refractivity contribution < 1.29 is 14.7 Å². The standard InChI is InChI=1S/C19H22N2O3/c1-2-17-8-5-9-21-15(22)11-18(19(17,21)24)12-6-3-4-7-14(12)20-16(23)13(18)10-17/h3-4,6-7,13,24H,2,5,8-11H2,1H3,(H,20,23)/t13-,17+,18+,19-/m0/s1. The van der Waals surface area contributed by atoms with Gasteiger partial charge in [0.2, 0.25) is 11.8 Å². The molecule has 0 bridgehead atoms. The number of aliphatic hydroxyl groups is 1. The number of carbonyl (C=O) groups excluding carboxylic acids is 2. The van der Waals surface area contributed by atoms with Crippen LogP contribution in [0.1, 0.15) is 44.6 Å². The van der Waals surface area contributed by atoms with Crippen molar-refractivity contribution in [2.24, 2.45) is 11.3 Å². The van der Waals surface area contributed by atoms with Crippen molar-refractivity contribution in [3.05, 3.63) is 29.8 Å². The number of amides is 2. The number of benzene rings is 1. The van der Waals surface area contributed by atoms with Gasteiger partial charge >= 0.3 is 0 Å². The topological polar surface area (TPSA) is 69.6 Å². The number of fused-ring (bicyclic) bond motifs is 1. The van der Waals surface area contributed by atoms with E-state index >= 15 is 0 Å². The average molecular weight is 326 g/mol. The van der Waals surface area contributed by atoms with E-state index in [1.54, 1.807) is 4.90 Å². The average Bonchev–Trinajstić information content (AvgIpc) is 2.96. The third-order valence-corrected chi connectivity index (χ3v) is 7.37. The molecule has 4 atom stereocenters. The molecule has 1 aliphatic carbocycles. The molecule has 24 heavy (non-hydrogen) atoms. The largest absolute Gasteiger partial charge is 0.369 e. The van der Waals surface area contributed by atoms with Gasteiger partial charge in [-0.1, -0.05) is 25.1 Å². The summed E-state index contributed by atoms with van der Waals surface area (Å²) >= 11 is 0. The zero-order valence-electron chi connectivity index (χ0n) is 13.8. The minimum atomic E-state index is -1.25. The number of para-hydroxylation sites is 1. The number of hydrogen-bond donors (Lipinski definition) is 2. The molecule has 1 saturated carbocycles. The van der Waals surface area contributed by atoms with Crippen LogP contribution in [0.15, 0.2) is 24.3 Å². The molecule has 1 spiro atoms. The Morgan fingerprint density at radius 1 is 1.33 bits per heavy atom. The molecule has 2 N–H and O–H groups in total. The van der Waals surface area contributed by atoms with E-state index in [4.69, 9.17) is 0 Å². The zero-order chi connectivity index (χ0) is 16.7. The molecule has 5 rings (SSSR count). The summed E-state index contributed by atoms with van der Waals surface area (Å²) < 4.78 is 0. The van der Waals surface area contributed by atoms with Gasteiger partial charge in [0.05, 0.1) is 11.3 Å². The number of anilines is 1. The fourth-order valence-electron chi connectivity index (χ4n) is 6.41. The lowest BCUT2D eigenvalue weighted by Gasteiger charge is -2.54. The van der Waals surface area contributed by atoms with Gasteiger partial charge in [-0.3, -0.25) is 9.59 Å². The molecular weight excluding hydrogens is 304 g/mol. The van der Waals surface area contributed by atoms with Crippen LogP contribution in [-0.2, 0) is 15.0 Å². The zero-order valence-corrected chi connectivity index (χ0v) is 13.8. The van der Waals surface area contributed by atoms with Crippen molar-refractivity contribution in [2.45, 2.75) is 50.2 Å². The molecule has 0 radical (unpaired) electrons. The van der Waals surface area contributed by atoms with Crippen LogP contribution in [0.3, 0.4) is 0 Å². The van der Waals surface area contributed by atoms with Crippen LogP contribution in [0, 0.1) is 11.3 Å². The third kappa shape index (κ3) is 1.24. The van der Waals surface area contributed by atoms with Gasteiger partial charge in [0.15, 0.2) is 5.72 Å². The smallest absolute Gasteiger partial charge is 0.228 e. The maximum atomic E-state index is 12.9. The van der Waals surface area contributed by atoms with Crippen molar-refractivity contribution in [3.63, 3.8) is 0 Å². The molecule has 126 valence electrons. The number of hydrogen-bond acceptors (Lipinski definition) is 3. The van der Waals surface area contributed by atoms with Crippen LogP contribution in [-0.4, -0.2) is 34.1 Å². The van der Waals surface area contributed by atoms with Gasteiger partial charge in [0.1, 0.15) is 0 Å². The monoisotopic (exact) mass is 326 g/mol. The summed E-state index contributed by atoms with van der Waals surface area (Å²) in [5.74, 6) is -0.396. The highest BCUT2D eigenvalue weighted by molar-refractivity contribution is 6.01. The minimum absolute atomic E-state index is 0.00997. The molecule has 2 amide bonds. The Labute approximate surface area is 141 Å². The van der Waals surface area contributed by atoms with E-state index in [9.17, 15) is 14.7 Å². The van der Waals surface area contributed by atoms with E-state index in [1.807, 2.05) is 24.3 Å². The lowest BCUT2D eigenvalue weighted by Crippen LogP contribution is -2.66. The van der Waals surface area contributed by atoms with Gasteiger partial charge in [-0.25, -0.2) is 0 Å². The van der Waals surface area contributed by atoms with Crippen LogP contribution >= 0.6 is 0 Å². The number of carbonyl (C=O) groups is 2. The molecule has 3 aliphatic heterocycles. The molecule has 5 nitrogen and oxygen atoms in total. The maximum absolute atomic E-state index is 12.9. The summed E-state index contributed by atoms with van der Waals surface area (Å²) in [7, 11) is 0. The SMILES string of the molecule is CC[C@@]12CCCN3C(=O)C[C@]4(c5ccccc5NC(=O)[C@@H]4C1)[C@]32O. The summed E-state index contributed by atoms with van der Waals surface area (Å²) in [4.78, 5) is 27.5. The summed E-state index contributed by atoms with van der Waals surface area (Å²) in [6.07, 6.45) is 3.44. The summed E-state index contributed by atoms with van der Waals surface area (Å²) in [6, 6.07) is 7.69. The highest BCUT2D eigenvalue weighted by Gasteiger charge is 2.80. The predicted molar refractivity (Wildman–Crippen MR) is 88.1 cm³/mol. The molecule has 3 heterocycles. The second-order valence-electron chi connectivity index (χ2n) is 7.89. The maximum Gasteiger partial charge on any atom is 0.228 e. The van der Waals surface area contributed by atoms with Gasteiger partial charge in [0.25, 0.3) is 0 Å². The number of nitrogens with one attached hydrogen (secondary N) is 1. The van der Waals surface area contributed by atoms with E-state index in [-0.39, 0.29) is 24.2 Å². The Bertz CT molecular complexity index is 778. The van der Waals surface area contributed by atoms with Crippen LogP contribution in [0.5, 0.6) is 0 Å². The fraction of sp³-hybridized carbons (Fsp3) is 0.579. The van der Waals surface area contributed by atoms with Crippen molar-refractivity contribution in [1.82, 2.24) is 4.90 Å². The van der Waals surface area contributed by atoms with Crippen LogP contribution in [0.4, 0.5) is 5.69 Å². The van der Waals surface area contributed by atoms with Gasteiger partial charge in [-0.05, 0) is 37.3 Å².